The van der Waals surface area contributed by atoms with Crippen LogP contribution in [-0.4, -0.2) is 19.5 Å². The van der Waals surface area contributed by atoms with E-state index in [0.29, 0.717) is 17.5 Å². The highest BCUT2D eigenvalue weighted by molar-refractivity contribution is 7.25. The van der Waals surface area contributed by atoms with Crippen LogP contribution in [0.25, 0.3) is 115 Å². The molecular formula is C51H30N4OS. The summed E-state index contributed by atoms with van der Waals surface area (Å²) in [5.41, 5.74) is 9.89. The van der Waals surface area contributed by atoms with Crippen LogP contribution in [0.4, 0.5) is 0 Å². The second-order valence-electron chi connectivity index (χ2n) is 14.4. The maximum atomic E-state index is 6.89. The van der Waals surface area contributed by atoms with Crippen LogP contribution in [0.5, 0.6) is 0 Å². The van der Waals surface area contributed by atoms with Gasteiger partial charge in [0.1, 0.15) is 11.2 Å². The van der Waals surface area contributed by atoms with Crippen LogP contribution in [0.1, 0.15) is 0 Å². The summed E-state index contributed by atoms with van der Waals surface area (Å²) >= 11 is 1.85. The van der Waals surface area contributed by atoms with E-state index in [1.54, 1.807) is 0 Å². The quantitative estimate of drug-likeness (QED) is 0.176. The Morgan fingerprint density at radius 2 is 1.00 bits per heavy atom. The fourth-order valence-corrected chi connectivity index (χ4v) is 9.49. The van der Waals surface area contributed by atoms with Crippen LogP contribution in [0.2, 0.25) is 0 Å². The second kappa shape index (κ2) is 12.6. The van der Waals surface area contributed by atoms with Crippen LogP contribution in [0.15, 0.2) is 186 Å². The number of rotatable bonds is 5. The summed E-state index contributed by atoms with van der Waals surface area (Å²) in [6.45, 7) is 0. The zero-order chi connectivity index (χ0) is 37.5. The molecule has 12 aromatic rings. The van der Waals surface area contributed by atoms with Gasteiger partial charge in [0.25, 0.3) is 0 Å². The molecule has 8 aromatic carbocycles. The SMILES string of the molecule is c1ccc(-c2nc(-c3ccccc3)nc(-c3ccc4c(c3)oc3c(-c5ccccc5)cc(-n5c6ccccc6c6cc7c(cc65)sc5ccccc57)cc34)n2)cc1. The van der Waals surface area contributed by atoms with Gasteiger partial charge in [-0.3, -0.25) is 0 Å². The van der Waals surface area contributed by atoms with E-state index in [0.717, 1.165) is 55.4 Å². The Labute approximate surface area is 330 Å². The minimum Gasteiger partial charge on any atom is -0.455 e. The Hall–Kier alpha value is -7.41. The predicted octanol–water partition coefficient (Wildman–Crippen LogP) is 13.9. The number of nitrogens with zero attached hydrogens (tertiary/aromatic N) is 4. The van der Waals surface area contributed by atoms with Crippen molar-refractivity contribution in [3.8, 4) is 51.0 Å². The number of aromatic nitrogens is 4. The molecule has 5 nitrogen and oxygen atoms in total. The molecule has 12 rings (SSSR count). The maximum absolute atomic E-state index is 6.89. The van der Waals surface area contributed by atoms with Gasteiger partial charge < -0.3 is 8.98 Å². The Morgan fingerprint density at radius 1 is 0.386 bits per heavy atom. The summed E-state index contributed by atoms with van der Waals surface area (Å²) in [4.78, 5) is 14.9. The lowest BCUT2D eigenvalue weighted by atomic mass is 10.0. The Bertz CT molecular complexity index is 3460. The number of fused-ring (bicyclic) bond motifs is 9. The summed E-state index contributed by atoms with van der Waals surface area (Å²) in [5, 5.41) is 7.15. The molecule has 6 heteroatoms. The normalized spacial score (nSPS) is 11.9. The first-order valence-corrected chi connectivity index (χ1v) is 19.8. The maximum Gasteiger partial charge on any atom is 0.164 e. The fraction of sp³-hybridized carbons (Fsp3) is 0. The number of para-hydroxylation sites is 1. The van der Waals surface area contributed by atoms with Crippen LogP contribution >= 0.6 is 11.3 Å². The monoisotopic (exact) mass is 746 g/mol. The lowest BCUT2D eigenvalue weighted by Crippen LogP contribution is -2.00. The van der Waals surface area contributed by atoms with Gasteiger partial charge in [-0.15, -0.1) is 11.3 Å². The minimum atomic E-state index is 0.590. The van der Waals surface area contributed by atoms with E-state index in [2.05, 4.69) is 126 Å². The van der Waals surface area contributed by atoms with E-state index in [4.69, 9.17) is 19.4 Å². The molecule has 0 unspecified atom stereocenters. The zero-order valence-electron chi connectivity index (χ0n) is 30.4. The molecule has 4 aromatic heterocycles. The molecule has 0 aliphatic carbocycles. The molecule has 0 saturated heterocycles. The summed E-state index contributed by atoms with van der Waals surface area (Å²) in [6, 6.07) is 63.8. The van der Waals surface area contributed by atoms with Gasteiger partial charge in [-0.05, 0) is 54.1 Å². The van der Waals surface area contributed by atoms with Gasteiger partial charge >= 0.3 is 0 Å². The average molecular weight is 747 g/mol. The largest absolute Gasteiger partial charge is 0.455 e. The third-order valence-electron chi connectivity index (χ3n) is 11.0. The van der Waals surface area contributed by atoms with Crippen molar-refractivity contribution in [1.82, 2.24) is 19.5 Å². The fourth-order valence-electron chi connectivity index (χ4n) is 8.37. The molecule has 266 valence electrons. The van der Waals surface area contributed by atoms with Crippen molar-refractivity contribution in [2.75, 3.05) is 0 Å². The molecule has 0 amide bonds. The molecule has 0 fully saturated rings. The van der Waals surface area contributed by atoms with E-state index >= 15 is 0 Å². The second-order valence-corrected chi connectivity index (χ2v) is 15.5. The van der Waals surface area contributed by atoms with E-state index < -0.39 is 0 Å². The lowest BCUT2D eigenvalue weighted by Gasteiger charge is -2.12. The van der Waals surface area contributed by atoms with Gasteiger partial charge in [0.05, 0.1) is 11.0 Å². The molecule has 0 saturated carbocycles. The molecule has 0 N–H and O–H groups in total. The van der Waals surface area contributed by atoms with Crippen LogP contribution < -0.4 is 0 Å². The zero-order valence-corrected chi connectivity index (χ0v) is 31.2. The van der Waals surface area contributed by atoms with Gasteiger partial charge in [-0.1, -0.05) is 133 Å². The first-order chi connectivity index (χ1) is 28.2. The van der Waals surface area contributed by atoms with Crippen molar-refractivity contribution in [3.05, 3.63) is 182 Å². The summed E-state index contributed by atoms with van der Waals surface area (Å²) in [5.74, 6) is 1.84. The molecule has 4 heterocycles. The Morgan fingerprint density at radius 3 is 1.72 bits per heavy atom. The van der Waals surface area contributed by atoms with Crippen molar-refractivity contribution in [1.29, 1.82) is 0 Å². The molecule has 0 atom stereocenters. The number of benzene rings is 8. The third kappa shape index (κ3) is 5.12. The Kier molecular flexibility index (Phi) is 7.03. The molecule has 57 heavy (non-hydrogen) atoms. The Balaban J connectivity index is 1.09. The smallest absolute Gasteiger partial charge is 0.164 e. The lowest BCUT2D eigenvalue weighted by molar-refractivity contribution is 0.670. The third-order valence-corrected chi connectivity index (χ3v) is 12.2. The van der Waals surface area contributed by atoms with E-state index in [1.165, 1.54) is 42.0 Å². The van der Waals surface area contributed by atoms with Crippen LogP contribution in [0.3, 0.4) is 0 Å². The van der Waals surface area contributed by atoms with Crippen molar-refractivity contribution < 1.29 is 4.42 Å². The first kappa shape index (κ1) is 31.9. The van der Waals surface area contributed by atoms with Gasteiger partial charge in [0, 0.05) is 69.7 Å². The highest BCUT2D eigenvalue weighted by Crippen LogP contribution is 2.44. The number of furan rings is 1. The summed E-state index contributed by atoms with van der Waals surface area (Å²) in [7, 11) is 0. The molecule has 0 bridgehead atoms. The highest BCUT2D eigenvalue weighted by Gasteiger charge is 2.21. The van der Waals surface area contributed by atoms with Gasteiger partial charge in [0.2, 0.25) is 0 Å². The summed E-state index contributed by atoms with van der Waals surface area (Å²) < 4.78 is 11.9. The van der Waals surface area contributed by atoms with Crippen molar-refractivity contribution in [3.63, 3.8) is 0 Å². The topological polar surface area (TPSA) is 56.7 Å². The van der Waals surface area contributed by atoms with Crippen molar-refractivity contribution >= 4 is 75.3 Å². The molecule has 0 spiro atoms. The van der Waals surface area contributed by atoms with Gasteiger partial charge in [0.15, 0.2) is 17.5 Å². The molecular weight excluding hydrogens is 717 g/mol. The van der Waals surface area contributed by atoms with Crippen molar-refractivity contribution in [2.45, 2.75) is 0 Å². The van der Waals surface area contributed by atoms with Gasteiger partial charge in [-0.2, -0.15) is 0 Å². The number of hydrogen-bond donors (Lipinski definition) is 0. The predicted molar refractivity (Wildman–Crippen MR) is 236 cm³/mol. The van der Waals surface area contributed by atoms with E-state index in [9.17, 15) is 0 Å². The summed E-state index contributed by atoms with van der Waals surface area (Å²) in [6.07, 6.45) is 0. The van der Waals surface area contributed by atoms with Crippen LogP contribution in [0, 0.1) is 0 Å². The standard InChI is InChI=1S/C51H30N4OS/c1-4-14-31(15-5-1)39-27-35(55-43-22-12-10-20-36(43)40-29-41-38-21-11-13-23-46(38)57-47(41)30-44(40)55)28-42-37-25-24-34(26-45(37)56-48(39)42)51-53-49(32-16-6-2-7-17-32)52-50(54-51)33-18-8-3-9-19-33/h1-30H. The highest BCUT2D eigenvalue weighted by atomic mass is 32.1. The van der Waals surface area contributed by atoms with Crippen molar-refractivity contribution in [2.24, 2.45) is 0 Å². The molecule has 0 aliphatic rings. The number of thiophene rings is 1. The first-order valence-electron chi connectivity index (χ1n) is 19.0. The van der Waals surface area contributed by atoms with Crippen LogP contribution in [-0.2, 0) is 0 Å². The molecule has 0 aliphatic heterocycles. The van der Waals surface area contributed by atoms with E-state index in [-0.39, 0.29) is 0 Å². The number of hydrogen-bond acceptors (Lipinski definition) is 5. The van der Waals surface area contributed by atoms with Gasteiger partial charge in [-0.25, -0.2) is 15.0 Å². The van der Waals surface area contributed by atoms with E-state index in [1.807, 2.05) is 72.0 Å². The average Bonchev–Trinajstić information content (AvgIpc) is 3.94. The minimum absolute atomic E-state index is 0.590. The molecule has 0 radical (unpaired) electrons.